The number of alkyl carbamates (subject to hydrolysis) is 1. The van der Waals surface area contributed by atoms with Crippen molar-refractivity contribution in [2.45, 2.75) is 76.9 Å². The first-order chi connectivity index (χ1) is 15.1. The third-order valence-corrected chi connectivity index (χ3v) is 6.71. The number of fused-ring (bicyclic) bond motifs is 1. The molecule has 0 saturated heterocycles. The molecule has 0 spiro atoms. The Morgan fingerprint density at radius 2 is 1.94 bits per heavy atom. The first-order valence-electron chi connectivity index (χ1n) is 11.8. The molecule has 1 aliphatic heterocycles. The molecule has 7 heteroatoms. The van der Waals surface area contributed by atoms with Crippen LogP contribution in [0.2, 0.25) is 0 Å². The first kappa shape index (κ1) is 24.3. The maximum absolute atomic E-state index is 13.8. The molecule has 1 fully saturated rings. The molecule has 32 heavy (non-hydrogen) atoms. The Morgan fingerprint density at radius 3 is 2.59 bits per heavy atom. The van der Waals surface area contributed by atoms with Gasteiger partial charge >= 0.3 is 6.09 Å². The summed E-state index contributed by atoms with van der Waals surface area (Å²) in [6.07, 6.45) is 5.03. The molecule has 2 aliphatic rings. The number of benzene rings is 1. The van der Waals surface area contributed by atoms with Gasteiger partial charge in [0.05, 0.1) is 0 Å². The van der Waals surface area contributed by atoms with Crippen LogP contribution < -0.4 is 10.2 Å². The molecule has 1 saturated carbocycles. The van der Waals surface area contributed by atoms with Crippen molar-refractivity contribution in [3.8, 4) is 0 Å². The van der Waals surface area contributed by atoms with E-state index >= 15 is 0 Å². The van der Waals surface area contributed by atoms with Crippen molar-refractivity contribution in [3.63, 3.8) is 0 Å². The molecule has 2 atom stereocenters. The van der Waals surface area contributed by atoms with E-state index in [9.17, 15) is 14.0 Å². The monoisotopic (exact) mass is 447 g/mol. The molecule has 0 aromatic heterocycles. The van der Waals surface area contributed by atoms with E-state index in [2.05, 4.69) is 24.1 Å². The highest BCUT2D eigenvalue weighted by Gasteiger charge is 2.36. The molecule has 0 radical (unpaired) electrons. The molecule has 1 heterocycles. The van der Waals surface area contributed by atoms with Crippen molar-refractivity contribution < 1.29 is 18.7 Å². The van der Waals surface area contributed by atoms with E-state index < -0.39 is 12.2 Å². The lowest BCUT2D eigenvalue weighted by Gasteiger charge is -2.29. The number of hydrogen-bond acceptors (Lipinski definition) is 4. The van der Waals surface area contributed by atoms with E-state index in [1.807, 2.05) is 6.92 Å². The number of amides is 2. The van der Waals surface area contributed by atoms with E-state index in [4.69, 9.17) is 4.74 Å². The molecule has 0 bridgehead atoms. The van der Waals surface area contributed by atoms with Gasteiger partial charge in [-0.1, -0.05) is 46.0 Å². The van der Waals surface area contributed by atoms with Gasteiger partial charge in [0.2, 0.25) is 0 Å². The van der Waals surface area contributed by atoms with Crippen LogP contribution in [-0.4, -0.2) is 56.2 Å². The number of hydrogen-bond donors (Lipinski definition) is 1. The number of carbonyl (C=O) groups is 2. The van der Waals surface area contributed by atoms with Gasteiger partial charge in [-0.3, -0.25) is 4.79 Å². The maximum Gasteiger partial charge on any atom is 0.408 e. The largest absolute Gasteiger partial charge is 0.436 e. The molecule has 1 aromatic rings. The summed E-state index contributed by atoms with van der Waals surface area (Å²) in [6.45, 7) is 7.43. The lowest BCUT2D eigenvalue weighted by molar-refractivity contribution is -0.138. The highest BCUT2D eigenvalue weighted by Crippen LogP contribution is 2.40. The number of ether oxygens (including phenoxy) is 1. The third kappa shape index (κ3) is 5.93. The quantitative estimate of drug-likeness (QED) is 0.670. The summed E-state index contributed by atoms with van der Waals surface area (Å²) in [6, 6.07) is 4.69. The van der Waals surface area contributed by atoms with E-state index in [1.165, 1.54) is 30.2 Å². The second kappa shape index (κ2) is 10.1. The van der Waals surface area contributed by atoms with Crippen LogP contribution in [0.4, 0.5) is 14.9 Å². The van der Waals surface area contributed by atoms with Gasteiger partial charge in [-0.2, -0.15) is 0 Å². The Hall–Kier alpha value is -2.31. The van der Waals surface area contributed by atoms with E-state index in [1.54, 1.807) is 26.2 Å². The number of anilines is 1. The normalized spacial score (nSPS) is 19.8. The molecular weight excluding hydrogens is 409 g/mol. The Morgan fingerprint density at radius 1 is 1.25 bits per heavy atom. The van der Waals surface area contributed by atoms with Crippen LogP contribution in [0.5, 0.6) is 0 Å². The van der Waals surface area contributed by atoms with Crippen molar-refractivity contribution in [1.82, 2.24) is 10.2 Å². The van der Waals surface area contributed by atoms with Crippen LogP contribution in [0.25, 0.3) is 0 Å². The number of likely N-dealkylation sites (N-methyl/N-ethyl adjacent to an activating group) is 1. The molecule has 3 rings (SSSR count). The van der Waals surface area contributed by atoms with Gasteiger partial charge < -0.3 is 19.9 Å². The van der Waals surface area contributed by atoms with Gasteiger partial charge in [-0.25, -0.2) is 9.18 Å². The smallest absolute Gasteiger partial charge is 0.408 e. The van der Waals surface area contributed by atoms with Crippen LogP contribution in [0.3, 0.4) is 0 Å². The van der Waals surface area contributed by atoms with Gasteiger partial charge in [0.1, 0.15) is 5.82 Å². The SMILES string of the molecule is C[C@@H](CN1CC(C)(C)c2cc(F)ccc21)NC(=O)OC(CC1CCCCC1)C(=O)N(C)C. The van der Waals surface area contributed by atoms with E-state index in [-0.39, 0.29) is 23.2 Å². The Kier molecular flexibility index (Phi) is 7.67. The molecule has 6 nitrogen and oxygen atoms in total. The standard InChI is InChI=1S/C25H38FN3O3/c1-17(15-29-16-25(2,3)20-14-19(26)11-12-21(20)29)27-24(31)32-22(23(30)28(4)5)13-18-9-7-6-8-10-18/h11-12,14,17-18,22H,6-10,13,15-16H2,1-5H3,(H,27,31)/t17-,22?/m0/s1. The number of nitrogens with zero attached hydrogens (tertiary/aromatic N) is 2. The van der Waals surface area contributed by atoms with Gasteiger partial charge in [0.15, 0.2) is 6.10 Å². The Labute approximate surface area is 191 Å². The van der Waals surface area contributed by atoms with E-state index in [0.717, 1.165) is 30.6 Å². The van der Waals surface area contributed by atoms with Crippen molar-refractivity contribution in [3.05, 3.63) is 29.6 Å². The molecule has 2 amide bonds. The van der Waals surface area contributed by atoms with Crippen molar-refractivity contribution in [2.75, 3.05) is 32.1 Å². The topological polar surface area (TPSA) is 61.9 Å². The average Bonchev–Trinajstić information content (AvgIpc) is 2.96. The second-order valence-corrected chi connectivity index (χ2v) is 10.3. The van der Waals surface area contributed by atoms with Crippen LogP contribution in [0.1, 0.15) is 64.9 Å². The Balaban J connectivity index is 1.58. The van der Waals surface area contributed by atoms with Gasteiger partial charge in [0.25, 0.3) is 5.91 Å². The molecule has 178 valence electrons. The van der Waals surface area contributed by atoms with Crippen LogP contribution >= 0.6 is 0 Å². The lowest BCUT2D eigenvalue weighted by Crippen LogP contribution is -2.46. The summed E-state index contributed by atoms with van der Waals surface area (Å²) in [5.74, 6) is 0.0187. The van der Waals surface area contributed by atoms with Crippen molar-refractivity contribution in [1.29, 1.82) is 0 Å². The van der Waals surface area contributed by atoms with Gasteiger partial charge in [0, 0.05) is 44.3 Å². The second-order valence-electron chi connectivity index (χ2n) is 10.3. The fraction of sp³-hybridized carbons (Fsp3) is 0.680. The summed E-state index contributed by atoms with van der Waals surface area (Å²) in [5.41, 5.74) is 1.81. The van der Waals surface area contributed by atoms with Crippen LogP contribution in [-0.2, 0) is 14.9 Å². The summed E-state index contributed by atoms with van der Waals surface area (Å²) < 4.78 is 19.4. The number of nitrogens with one attached hydrogen (secondary N) is 1. The molecule has 1 aliphatic carbocycles. The summed E-state index contributed by atoms with van der Waals surface area (Å²) >= 11 is 0. The van der Waals surface area contributed by atoms with Crippen molar-refractivity contribution >= 4 is 17.7 Å². The molecule has 1 N–H and O–H groups in total. The summed E-state index contributed by atoms with van der Waals surface area (Å²) in [5, 5.41) is 2.89. The molecule has 1 unspecified atom stereocenters. The fourth-order valence-corrected chi connectivity index (χ4v) is 5.09. The minimum Gasteiger partial charge on any atom is -0.436 e. The zero-order valence-corrected chi connectivity index (χ0v) is 20.1. The average molecular weight is 448 g/mol. The zero-order valence-electron chi connectivity index (χ0n) is 20.1. The van der Waals surface area contributed by atoms with E-state index in [0.29, 0.717) is 18.9 Å². The highest BCUT2D eigenvalue weighted by molar-refractivity contribution is 5.83. The lowest BCUT2D eigenvalue weighted by atomic mass is 9.85. The Bertz CT molecular complexity index is 821. The fourth-order valence-electron chi connectivity index (χ4n) is 5.09. The molecular formula is C25H38FN3O3. The summed E-state index contributed by atoms with van der Waals surface area (Å²) in [7, 11) is 3.38. The number of carbonyl (C=O) groups excluding carboxylic acids is 2. The zero-order chi connectivity index (χ0) is 23.5. The number of rotatable bonds is 7. The molecule has 1 aromatic carbocycles. The third-order valence-electron chi connectivity index (χ3n) is 6.71. The van der Waals surface area contributed by atoms with Crippen LogP contribution in [0, 0.1) is 11.7 Å². The number of halogens is 1. The van der Waals surface area contributed by atoms with Gasteiger partial charge in [-0.15, -0.1) is 0 Å². The first-order valence-corrected chi connectivity index (χ1v) is 11.8. The summed E-state index contributed by atoms with van der Waals surface area (Å²) in [4.78, 5) is 29.0. The van der Waals surface area contributed by atoms with Gasteiger partial charge in [-0.05, 0) is 43.0 Å². The maximum atomic E-state index is 13.8. The minimum absolute atomic E-state index is 0.166. The van der Waals surface area contributed by atoms with Crippen LogP contribution in [0.15, 0.2) is 18.2 Å². The minimum atomic E-state index is -0.755. The predicted molar refractivity (Wildman–Crippen MR) is 124 cm³/mol. The highest BCUT2D eigenvalue weighted by atomic mass is 19.1. The van der Waals surface area contributed by atoms with Crippen molar-refractivity contribution in [2.24, 2.45) is 5.92 Å². The predicted octanol–water partition coefficient (Wildman–Crippen LogP) is 4.47.